The largest absolute Gasteiger partial charge is 0.480 e. The van der Waals surface area contributed by atoms with Crippen molar-refractivity contribution in [1.29, 1.82) is 0 Å². The van der Waals surface area contributed by atoms with Crippen LogP contribution in [-0.2, 0) is 21.2 Å². The molecule has 1 aliphatic rings. The molecule has 0 spiro atoms. The smallest absolute Gasteiger partial charge is 0.324 e. The summed E-state index contributed by atoms with van der Waals surface area (Å²) in [6.45, 7) is 0. The molecule has 0 radical (unpaired) electrons. The summed E-state index contributed by atoms with van der Waals surface area (Å²) in [5, 5.41) is 9.40. The first kappa shape index (κ1) is 15.9. The number of pyridine rings is 1. The summed E-state index contributed by atoms with van der Waals surface area (Å²) < 4.78 is 26.8. The van der Waals surface area contributed by atoms with Crippen molar-refractivity contribution < 1.29 is 18.3 Å². The molecule has 21 heavy (non-hydrogen) atoms. The maximum Gasteiger partial charge on any atom is 0.324 e. The molecule has 0 saturated heterocycles. The molecule has 0 aliphatic heterocycles. The van der Waals surface area contributed by atoms with Crippen molar-refractivity contribution in [2.45, 2.75) is 44.1 Å². The highest BCUT2D eigenvalue weighted by Gasteiger charge is 2.42. The second kappa shape index (κ2) is 6.53. The Kier molecular flexibility index (Phi) is 4.95. The molecular weight excluding hydrogens is 292 g/mol. The lowest BCUT2D eigenvalue weighted by Crippen LogP contribution is -2.56. The van der Waals surface area contributed by atoms with Crippen molar-refractivity contribution in [3.63, 3.8) is 0 Å². The van der Waals surface area contributed by atoms with E-state index in [-0.39, 0.29) is 5.75 Å². The molecule has 0 aromatic carbocycles. The molecule has 1 fully saturated rings. The Balaban J connectivity index is 2.03. The van der Waals surface area contributed by atoms with Gasteiger partial charge < -0.3 is 5.11 Å². The number of aliphatic carboxylic acids is 1. The average Bonchev–Trinajstić information content (AvgIpc) is 2.47. The van der Waals surface area contributed by atoms with Gasteiger partial charge in [0.15, 0.2) is 0 Å². The van der Waals surface area contributed by atoms with Crippen LogP contribution in [0.3, 0.4) is 0 Å². The van der Waals surface area contributed by atoms with E-state index in [1.165, 1.54) is 0 Å². The summed E-state index contributed by atoms with van der Waals surface area (Å²) in [4.78, 5) is 15.4. The molecule has 7 heteroatoms. The Labute approximate surface area is 124 Å². The molecule has 6 nitrogen and oxygen atoms in total. The summed E-state index contributed by atoms with van der Waals surface area (Å²) in [6, 6.07) is 3.51. The number of rotatable bonds is 6. The number of sulfonamides is 1. The summed E-state index contributed by atoms with van der Waals surface area (Å²) in [7, 11) is -3.63. The fraction of sp³-hybridized carbons (Fsp3) is 0.571. The molecule has 0 unspecified atom stereocenters. The minimum absolute atomic E-state index is 0.119. The molecule has 1 heterocycles. The van der Waals surface area contributed by atoms with Crippen molar-refractivity contribution in [1.82, 2.24) is 9.71 Å². The van der Waals surface area contributed by atoms with Crippen LogP contribution in [0.4, 0.5) is 0 Å². The number of nitrogens with zero attached hydrogens (tertiary/aromatic N) is 1. The summed E-state index contributed by atoms with van der Waals surface area (Å²) >= 11 is 0. The van der Waals surface area contributed by atoms with Gasteiger partial charge in [0, 0.05) is 12.4 Å². The van der Waals surface area contributed by atoms with Gasteiger partial charge in [-0.05, 0) is 37.0 Å². The normalized spacial score (nSPS) is 18.3. The average molecular weight is 312 g/mol. The molecular formula is C14H20N2O4S. The van der Waals surface area contributed by atoms with Crippen LogP contribution in [0.15, 0.2) is 24.5 Å². The Morgan fingerprint density at radius 3 is 2.43 bits per heavy atom. The van der Waals surface area contributed by atoms with Gasteiger partial charge in [0.25, 0.3) is 0 Å². The highest BCUT2D eigenvalue weighted by molar-refractivity contribution is 7.89. The number of hydrogen-bond acceptors (Lipinski definition) is 4. The van der Waals surface area contributed by atoms with Gasteiger partial charge in [-0.25, -0.2) is 8.42 Å². The van der Waals surface area contributed by atoms with E-state index in [2.05, 4.69) is 9.71 Å². The monoisotopic (exact) mass is 312 g/mol. The van der Waals surface area contributed by atoms with Crippen molar-refractivity contribution >= 4 is 16.0 Å². The highest BCUT2D eigenvalue weighted by atomic mass is 32.2. The molecule has 0 bridgehead atoms. The topological polar surface area (TPSA) is 96.4 Å². The molecule has 1 aromatic rings. The lowest BCUT2D eigenvalue weighted by Gasteiger charge is -2.33. The van der Waals surface area contributed by atoms with Crippen LogP contribution in [0, 0.1) is 0 Å². The van der Waals surface area contributed by atoms with Crippen LogP contribution < -0.4 is 4.72 Å². The van der Waals surface area contributed by atoms with E-state index in [1.54, 1.807) is 24.5 Å². The van der Waals surface area contributed by atoms with Gasteiger partial charge in [-0.15, -0.1) is 0 Å². The zero-order chi connectivity index (χ0) is 15.3. The molecule has 2 N–H and O–H groups in total. The minimum atomic E-state index is -3.63. The number of carboxylic acid groups (broad SMARTS) is 1. The summed E-state index contributed by atoms with van der Waals surface area (Å²) in [5.41, 5.74) is -0.460. The van der Waals surface area contributed by atoms with E-state index in [1.807, 2.05) is 0 Å². The van der Waals surface area contributed by atoms with Crippen LogP contribution in [0.25, 0.3) is 0 Å². The highest BCUT2D eigenvalue weighted by Crippen LogP contribution is 2.29. The predicted octanol–water partition coefficient (Wildman–Crippen LogP) is 1.33. The third-order valence-corrected chi connectivity index (χ3v) is 5.32. The van der Waals surface area contributed by atoms with Crippen LogP contribution >= 0.6 is 0 Å². The maximum atomic E-state index is 12.2. The van der Waals surface area contributed by atoms with E-state index in [0.717, 1.165) is 24.8 Å². The number of aryl methyl sites for hydroxylation is 1. The van der Waals surface area contributed by atoms with Crippen LogP contribution in [-0.4, -0.2) is 35.8 Å². The Morgan fingerprint density at radius 1 is 1.24 bits per heavy atom. The fourth-order valence-electron chi connectivity index (χ4n) is 2.67. The first-order valence-corrected chi connectivity index (χ1v) is 8.73. The van der Waals surface area contributed by atoms with Gasteiger partial charge in [-0.3, -0.25) is 9.78 Å². The number of carboxylic acids is 1. The van der Waals surface area contributed by atoms with Crippen LogP contribution in [0.1, 0.15) is 37.7 Å². The van der Waals surface area contributed by atoms with Crippen molar-refractivity contribution in [3.8, 4) is 0 Å². The van der Waals surface area contributed by atoms with E-state index in [4.69, 9.17) is 0 Å². The first-order chi connectivity index (χ1) is 9.94. The zero-order valence-electron chi connectivity index (χ0n) is 11.8. The lowest BCUT2D eigenvalue weighted by atomic mass is 9.83. The van der Waals surface area contributed by atoms with Gasteiger partial charge in [-0.1, -0.05) is 19.3 Å². The number of nitrogens with one attached hydrogen (secondary N) is 1. The summed E-state index contributed by atoms with van der Waals surface area (Å²) in [6.07, 6.45) is 6.69. The van der Waals surface area contributed by atoms with Gasteiger partial charge in [0.05, 0.1) is 5.75 Å². The summed E-state index contributed by atoms with van der Waals surface area (Å²) in [5.74, 6) is -1.19. The molecule has 1 saturated carbocycles. The molecule has 116 valence electrons. The molecule has 0 amide bonds. The maximum absolute atomic E-state index is 12.2. The van der Waals surface area contributed by atoms with E-state index in [0.29, 0.717) is 19.3 Å². The van der Waals surface area contributed by atoms with Crippen molar-refractivity contribution in [2.75, 3.05) is 5.75 Å². The second-order valence-electron chi connectivity index (χ2n) is 5.47. The number of carbonyl (C=O) groups is 1. The third kappa shape index (κ3) is 4.25. The van der Waals surface area contributed by atoms with Gasteiger partial charge >= 0.3 is 5.97 Å². The Bertz CT molecular complexity index is 580. The Hall–Kier alpha value is -1.47. The van der Waals surface area contributed by atoms with Gasteiger partial charge in [0.1, 0.15) is 5.54 Å². The number of hydrogen-bond donors (Lipinski definition) is 2. The third-order valence-electron chi connectivity index (χ3n) is 3.88. The SMILES string of the molecule is O=C(O)C1(NS(=O)(=O)CCc2ccncc2)CCCCC1. The predicted molar refractivity (Wildman–Crippen MR) is 78.3 cm³/mol. The van der Waals surface area contributed by atoms with Crippen molar-refractivity contribution in [3.05, 3.63) is 30.1 Å². The number of aromatic nitrogens is 1. The quantitative estimate of drug-likeness (QED) is 0.826. The lowest BCUT2D eigenvalue weighted by molar-refractivity contribution is -0.145. The van der Waals surface area contributed by atoms with Crippen molar-refractivity contribution in [2.24, 2.45) is 0 Å². The van der Waals surface area contributed by atoms with Crippen LogP contribution in [0.5, 0.6) is 0 Å². The van der Waals surface area contributed by atoms with Gasteiger partial charge in [-0.2, -0.15) is 4.72 Å². The van der Waals surface area contributed by atoms with Gasteiger partial charge in [0.2, 0.25) is 10.0 Å². The molecule has 1 aliphatic carbocycles. The fourth-order valence-corrected chi connectivity index (χ4v) is 4.16. The van der Waals surface area contributed by atoms with Crippen LogP contribution in [0.2, 0.25) is 0 Å². The van der Waals surface area contributed by atoms with E-state index in [9.17, 15) is 18.3 Å². The second-order valence-corrected chi connectivity index (χ2v) is 7.32. The molecule has 1 aromatic heterocycles. The minimum Gasteiger partial charge on any atom is -0.480 e. The Morgan fingerprint density at radius 2 is 1.86 bits per heavy atom. The standard InChI is InChI=1S/C14H20N2O4S/c17-13(18)14(7-2-1-3-8-14)16-21(19,20)11-6-12-4-9-15-10-5-12/h4-5,9-10,16H,1-3,6-8,11H2,(H,17,18). The molecule has 0 atom stereocenters. The zero-order valence-corrected chi connectivity index (χ0v) is 12.6. The first-order valence-electron chi connectivity index (χ1n) is 7.07. The molecule has 2 rings (SSSR count). The van der Waals surface area contributed by atoms with E-state index < -0.39 is 21.5 Å². The van der Waals surface area contributed by atoms with E-state index >= 15 is 0 Å².